The summed E-state index contributed by atoms with van der Waals surface area (Å²) in [7, 11) is 0. The Morgan fingerprint density at radius 3 is 2.13 bits per heavy atom. The topological polar surface area (TPSA) is 79.6 Å². The standard InChI is InChI=1S/C31H28Cl2N2O4/c1-2-38-31(37)28(22-7-8-22)35-27(21-9-13-24(32)14-10-21)29(23-11-15-25(33)16-12-23)39-26(30(35)36)17-19-3-5-20(18-34)6-4-19/h3-6,9-16,22,26-29H,2,7-8,17H2,1H3/t26-,27+,28-,29-/m1/s1. The lowest BCUT2D eigenvalue weighted by Gasteiger charge is -2.47. The van der Waals surface area contributed by atoms with Crippen molar-refractivity contribution >= 4 is 35.1 Å². The van der Waals surface area contributed by atoms with Gasteiger partial charge in [-0.3, -0.25) is 4.79 Å². The summed E-state index contributed by atoms with van der Waals surface area (Å²) < 4.78 is 12.1. The molecule has 39 heavy (non-hydrogen) atoms. The lowest BCUT2D eigenvalue weighted by Crippen LogP contribution is -2.58. The molecule has 5 rings (SSSR count). The third-order valence-electron chi connectivity index (χ3n) is 7.24. The van der Waals surface area contributed by atoms with Crippen LogP contribution in [0, 0.1) is 17.2 Å². The van der Waals surface area contributed by atoms with Crippen LogP contribution in [0.15, 0.2) is 72.8 Å². The number of halogens is 2. The molecule has 0 bridgehead atoms. The van der Waals surface area contributed by atoms with Crippen LogP contribution in [0.25, 0.3) is 0 Å². The maximum Gasteiger partial charge on any atom is 0.329 e. The lowest BCUT2D eigenvalue weighted by atomic mass is 9.88. The minimum absolute atomic E-state index is 0.0160. The van der Waals surface area contributed by atoms with Crippen LogP contribution in [0.5, 0.6) is 0 Å². The van der Waals surface area contributed by atoms with Crippen molar-refractivity contribution in [3.8, 4) is 6.07 Å². The molecule has 1 heterocycles. The monoisotopic (exact) mass is 562 g/mol. The van der Waals surface area contributed by atoms with Gasteiger partial charge in [-0.15, -0.1) is 0 Å². The van der Waals surface area contributed by atoms with E-state index < -0.39 is 30.3 Å². The molecule has 8 heteroatoms. The molecule has 1 amide bonds. The smallest absolute Gasteiger partial charge is 0.329 e. The molecule has 0 radical (unpaired) electrons. The molecule has 3 aromatic rings. The van der Waals surface area contributed by atoms with E-state index in [0.717, 1.165) is 29.5 Å². The molecule has 1 saturated carbocycles. The number of benzene rings is 3. The molecule has 2 aliphatic rings. The summed E-state index contributed by atoms with van der Waals surface area (Å²) in [6, 6.07) is 22.5. The van der Waals surface area contributed by atoms with Crippen LogP contribution in [0.4, 0.5) is 0 Å². The summed E-state index contributed by atoms with van der Waals surface area (Å²) in [5.41, 5.74) is 3.03. The van der Waals surface area contributed by atoms with Crippen LogP contribution in [0.2, 0.25) is 10.0 Å². The minimum Gasteiger partial charge on any atom is -0.464 e. The molecule has 6 nitrogen and oxygen atoms in total. The Morgan fingerprint density at radius 1 is 1.00 bits per heavy atom. The molecule has 2 fully saturated rings. The number of nitrogens with zero attached hydrogens (tertiary/aromatic N) is 2. The van der Waals surface area contributed by atoms with Gasteiger partial charge in [-0.05, 0) is 78.8 Å². The second-order valence-electron chi connectivity index (χ2n) is 9.89. The quantitative estimate of drug-likeness (QED) is 0.294. The zero-order valence-corrected chi connectivity index (χ0v) is 22.9. The molecule has 0 N–H and O–H groups in total. The zero-order chi connectivity index (χ0) is 27.5. The van der Waals surface area contributed by atoms with Crippen LogP contribution in [-0.4, -0.2) is 35.5 Å². The minimum atomic E-state index is -0.849. The van der Waals surface area contributed by atoms with E-state index in [0.29, 0.717) is 22.0 Å². The highest BCUT2D eigenvalue weighted by molar-refractivity contribution is 6.30. The summed E-state index contributed by atoms with van der Waals surface area (Å²) >= 11 is 12.4. The summed E-state index contributed by atoms with van der Waals surface area (Å²) in [5.74, 6) is -0.655. The van der Waals surface area contributed by atoms with Crippen LogP contribution in [0.1, 0.15) is 54.2 Å². The van der Waals surface area contributed by atoms with Crippen molar-refractivity contribution in [2.75, 3.05) is 6.61 Å². The van der Waals surface area contributed by atoms with Crippen LogP contribution in [-0.2, 0) is 25.5 Å². The highest BCUT2D eigenvalue weighted by atomic mass is 35.5. The highest BCUT2D eigenvalue weighted by Gasteiger charge is 2.53. The molecule has 1 saturated heterocycles. The number of hydrogen-bond acceptors (Lipinski definition) is 5. The van der Waals surface area contributed by atoms with Gasteiger partial charge < -0.3 is 14.4 Å². The number of ether oxygens (including phenoxy) is 2. The fourth-order valence-electron chi connectivity index (χ4n) is 5.22. The van der Waals surface area contributed by atoms with E-state index >= 15 is 0 Å². The number of amides is 1. The van der Waals surface area contributed by atoms with Crippen molar-refractivity contribution in [1.29, 1.82) is 5.26 Å². The van der Waals surface area contributed by atoms with Gasteiger partial charge in [0.25, 0.3) is 5.91 Å². The van der Waals surface area contributed by atoms with Gasteiger partial charge in [0, 0.05) is 16.5 Å². The van der Waals surface area contributed by atoms with Crippen molar-refractivity contribution in [3.05, 3.63) is 105 Å². The molecule has 1 aliphatic carbocycles. The number of rotatable bonds is 8. The van der Waals surface area contributed by atoms with Crippen molar-refractivity contribution in [2.45, 2.75) is 50.5 Å². The Bertz CT molecular complexity index is 1370. The van der Waals surface area contributed by atoms with Crippen LogP contribution in [0.3, 0.4) is 0 Å². The van der Waals surface area contributed by atoms with E-state index in [1.165, 1.54) is 0 Å². The predicted molar refractivity (Wildman–Crippen MR) is 148 cm³/mol. The summed E-state index contributed by atoms with van der Waals surface area (Å²) in [5, 5.41) is 10.3. The van der Waals surface area contributed by atoms with Gasteiger partial charge in [-0.2, -0.15) is 5.26 Å². The lowest BCUT2D eigenvalue weighted by molar-refractivity contribution is -0.186. The van der Waals surface area contributed by atoms with Crippen molar-refractivity contribution in [3.63, 3.8) is 0 Å². The highest BCUT2D eigenvalue weighted by Crippen LogP contribution is 2.48. The van der Waals surface area contributed by atoms with E-state index in [9.17, 15) is 14.9 Å². The average molecular weight is 563 g/mol. The molecule has 0 spiro atoms. The predicted octanol–water partition coefficient (Wildman–Crippen LogP) is 6.46. The second-order valence-corrected chi connectivity index (χ2v) is 10.8. The Balaban J connectivity index is 1.62. The number of nitriles is 1. The summed E-state index contributed by atoms with van der Waals surface area (Å²) in [6.45, 7) is 1.99. The van der Waals surface area contributed by atoms with Gasteiger partial charge in [0.2, 0.25) is 0 Å². The normalized spacial score (nSPS) is 21.7. The Hall–Kier alpha value is -3.37. The number of hydrogen-bond donors (Lipinski definition) is 0. The summed E-state index contributed by atoms with van der Waals surface area (Å²) in [6.07, 6.45) is 0.539. The zero-order valence-electron chi connectivity index (χ0n) is 21.4. The molecule has 4 atom stereocenters. The molecule has 1 aliphatic heterocycles. The van der Waals surface area contributed by atoms with Crippen molar-refractivity contribution in [2.24, 2.45) is 5.92 Å². The number of carbonyl (C=O) groups is 2. The Kier molecular flexibility index (Phi) is 8.23. The largest absolute Gasteiger partial charge is 0.464 e. The summed E-state index contributed by atoms with van der Waals surface area (Å²) in [4.78, 5) is 29.4. The van der Waals surface area contributed by atoms with E-state index in [-0.39, 0.29) is 18.4 Å². The second kappa shape index (κ2) is 11.8. The maximum absolute atomic E-state index is 14.3. The van der Waals surface area contributed by atoms with Crippen molar-refractivity contribution < 1.29 is 19.1 Å². The van der Waals surface area contributed by atoms with Crippen LogP contribution >= 0.6 is 23.2 Å². The first-order chi connectivity index (χ1) is 18.9. The van der Waals surface area contributed by atoms with Crippen LogP contribution < -0.4 is 0 Å². The molecular formula is C31H28Cl2N2O4. The Labute approximate surface area is 238 Å². The SMILES string of the molecule is CCOC(=O)[C@@H](C1CC1)N1C(=O)[C@@H](Cc2ccc(C#N)cc2)O[C@H](c2ccc(Cl)cc2)[C@@H]1c1ccc(Cl)cc1. The third kappa shape index (κ3) is 5.96. The van der Waals surface area contributed by atoms with Gasteiger partial charge >= 0.3 is 5.97 Å². The van der Waals surface area contributed by atoms with E-state index in [4.69, 9.17) is 32.7 Å². The van der Waals surface area contributed by atoms with Gasteiger partial charge in [0.15, 0.2) is 0 Å². The molecule has 0 unspecified atom stereocenters. The van der Waals surface area contributed by atoms with E-state index in [1.54, 1.807) is 48.2 Å². The molecule has 3 aromatic carbocycles. The van der Waals surface area contributed by atoms with Crippen molar-refractivity contribution in [1.82, 2.24) is 4.90 Å². The van der Waals surface area contributed by atoms with Gasteiger partial charge in [-0.25, -0.2) is 4.79 Å². The number of morpholine rings is 1. The van der Waals surface area contributed by atoms with Gasteiger partial charge in [-0.1, -0.05) is 59.6 Å². The fraction of sp³-hybridized carbons (Fsp3) is 0.323. The molecular weight excluding hydrogens is 535 g/mol. The Morgan fingerprint density at radius 2 is 1.59 bits per heavy atom. The first kappa shape index (κ1) is 27.2. The molecule has 200 valence electrons. The number of carbonyl (C=O) groups excluding carboxylic acids is 2. The van der Waals surface area contributed by atoms with E-state index in [2.05, 4.69) is 6.07 Å². The average Bonchev–Trinajstić information content (AvgIpc) is 3.78. The van der Waals surface area contributed by atoms with E-state index in [1.807, 2.05) is 36.4 Å². The molecule has 0 aromatic heterocycles. The first-order valence-corrected chi connectivity index (χ1v) is 13.8. The third-order valence-corrected chi connectivity index (χ3v) is 7.74. The fourth-order valence-corrected chi connectivity index (χ4v) is 5.47. The maximum atomic E-state index is 14.3. The van der Waals surface area contributed by atoms with Gasteiger partial charge in [0.05, 0.1) is 24.3 Å². The first-order valence-electron chi connectivity index (χ1n) is 13.0. The number of esters is 1. The van der Waals surface area contributed by atoms with Gasteiger partial charge in [0.1, 0.15) is 18.2 Å².